The van der Waals surface area contributed by atoms with Gasteiger partial charge in [0.05, 0.1) is 25.9 Å². The average Bonchev–Trinajstić information content (AvgIpc) is 2.86. The van der Waals surface area contributed by atoms with Crippen molar-refractivity contribution in [1.29, 1.82) is 0 Å². The molecule has 9 N–H and O–H groups in total. The fourth-order valence-electron chi connectivity index (χ4n) is 3.95. The van der Waals surface area contributed by atoms with Gasteiger partial charge in [-0.2, -0.15) is 0 Å². The van der Waals surface area contributed by atoms with E-state index >= 15 is 0 Å². The summed E-state index contributed by atoms with van der Waals surface area (Å²) in [6, 6.07) is -1.27. The van der Waals surface area contributed by atoms with E-state index in [1.165, 1.54) is 13.8 Å². The van der Waals surface area contributed by atoms with Crippen LogP contribution in [0.5, 0.6) is 0 Å². The summed E-state index contributed by atoms with van der Waals surface area (Å²) in [5.74, 6) is -2.28. The summed E-state index contributed by atoms with van der Waals surface area (Å²) in [6.07, 6.45) is -13.0. The predicted octanol–water partition coefficient (Wildman–Crippen LogP) is -4.24. The van der Waals surface area contributed by atoms with Gasteiger partial charge in [0.25, 0.3) is 0 Å². The lowest BCUT2D eigenvalue weighted by Crippen LogP contribution is -2.67. The van der Waals surface area contributed by atoms with Crippen LogP contribution in [0.25, 0.3) is 0 Å². The van der Waals surface area contributed by atoms with E-state index < -0.39 is 73.2 Å². The second-order valence-electron chi connectivity index (χ2n) is 8.99. The Kier molecular flexibility index (Phi) is 13.2. The van der Waals surface area contributed by atoms with Crippen LogP contribution in [-0.4, -0.2) is 138 Å². The zero-order chi connectivity index (χ0) is 28.4. The van der Waals surface area contributed by atoms with Gasteiger partial charge in [-0.15, -0.1) is 0 Å². The number of carboxylic acid groups (broad SMARTS) is 1. The van der Waals surface area contributed by atoms with Gasteiger partial charge in [-0.1, -0.05) is 0 Å². The molecule has 2 fully saturated rings. The fraction of sp³-hybridized carbons (Fsp3) is 0.864. The number of carbonyl (C=O) groups excluding carboxylic acids is 2. The normalized spacial score (nSPS) is 35.4. The van der Waals surface area contributed by atoms with Crippen LogP contribution in [0.2, 0.25) is 0 Å². The van der Waals surface area contributed by atoms with E-state index in [4.69, 9.17) is 29.4 Å². The standard InChI is InChI=1S/C22H39N3O13/c1-10-14(28)15(29)13(25-11(2)26)21(36-10)38-19-17(31)16(30)18(20(32)33)37-22(19)35-9-8-34-7-6-24-12(27)4-3-5-23/h10,13-19,21-22,28-31H,3-9,23H2,1-2H3,(H,24,27)(H,25,26)(H,32,33)/t10?,13-,14+,15?,16-,17?,18?,19-,21-,22+/m0/s1. The quantitative estimate of drug-likeness (QED) is 0.0950. The summed E-state index contributed by atoms with van der Waals surface area (Å²) in [6.45, 7) is 3.28. The van der Waals surface area contributed by atoms with E-state index in [-0.39, 0.29) is 32.3 Å². The smallest absolute Gasteiger partial charge is 0.335 e. The van der Waals surface area contributed by atoms with Crippen molar-refractivity contribution in [3.63, 3.8) is 0 Å². The van der Waals surface area contributed by atoms with Crippen molar-refractivity contribution in [2.45, 2.75) is 88.0 Å². The molecule has 2 aliphatic heterocycles. The van der Waals surface area contributed by atoms with Crippen molar-refractivity contribution in [3.8, 4) is 0 Å². The topological polar surface area (TPSA) is 249 Å². The number of hydrogen-bond donors (Lipinski definition) is 8. The lowest BCUT2D eigenvalue weighted by Gasteiger charge is -2.46. The maximum atomic E-state index is 11.7. The van der Waals surface area contributed by atoms with E-state index in [9.17, 15) is 39.9 Å². The van der Waals surface area contributed by atoms with Crippen LogP contribution in [0.15, 0.2) is 0 Å². The van der Waals surface area contributed by atoms with Gasteiger partial charge in [-0.25, -0.2) is 4.79 Å². The number of amides is 2. The van der Waals surface area contributed by atoms with Crippen molar-refractivity contribution in [2.24, 2.45) is 5.73 Å². The van der Waals surface area contributed by atoms with Gasteiger partial charge < -0.3 is 65.6 Å². The molecule has 16 nitrogen and oxygen atoms in total. The molecule has 2 amide bonds. The third-order valence-electron chi connectivity index (χ3n) is 5.98. The highest BCUT2D eigenvalue weighted by Gasteiger charge is 2.52. The summed E-state index contributed by atoms with van der Waals surface area (Å²) in [7, 11) is 0. The fourth-order valence-corrected chi connectivity index (χ4v) is 3.95. The number of hydrogen-bond acceptors (Lipinski definition) is 13. The number of aliphatic carboxylic acids is 1. The minimum atomic E-state index is -1.91. The van der Waals surface area contributed by atoms with Crippen LogP contribution in [0.3, 0.4) is 0 Å². The molecule has 0 saturated carbocycles. The van der Waals surface area contributed by atoms with Gasteiger partial charge in [0.15, 0.2) is 18.7 Å². The molecule has 0 aliphatic carbocycles. The highest BCUT2D eigenvalue weighted by Crippen LogP contribution is 2.29. The van der Waals surface area contributed by atoms with Crippen LogP contribution >= 0.6 is 0 Å². The molecule has 0 aromatic rings. The molecule has 16 heteroatoms. The Balaban J connectivity index is 2.01. The van der Waals surface area contributed by atoms with Crippen molar-refractivity contribution in [1.82, 2.24) is 10.6 Å². The molecule has 38 heavy (non-hydrogen) atoms. The molecule has 0 bridgehead atoms. The number of nitrogens with two attached hydrogens (primary N) is 1. The number of ether oxygens (including phenoxy) is 5. The molecule has 2 aliphatic rings. The molecule has 4 unspecified atom stereocenters. The number of carboxylic acids is 1. The maximum Gasteiger partial charge on any atom is 0.335 e. The van der Waals surface area contributed by atoms with Gasteiger partial charge in [-0.05, 0) is 19.9 Å². The van der Waals surface area contributed by atoms with Crippen LogP contribution in [0, 0.1) is 0 Å². The molecular weight excluding hydrogens is 514 g/mol. The molecule has 0 aromatic heterocycles. The number of aliphatic hydroxyl groups excluding tert-OH is 4. The SMILES string of the molecule is CC(=O)N[C@H]1C(O)[C@H](O)C(C)O[C@H]1O[C@H]1C(O)[C@H](O)C(C(=O)O)O[C@H]1OCCOCCNC(=O)CCCN. The Labute approximate surface area is 219 Å². The Morgan fingerprint density at radius 1 is 0.947 bits per heavy atom. The zero-order valence-electron chi connectivity index (χ0n) is 21.3. The van der Waals surface area contributed by atoms with E-state index in [1.807, 2.05) is 0 Å². The van der Waals surface area contributed by atoms with Gasteiger partial charge in [-0.3, -0.25) is 9.59 Å². The van der Waals surface area contributed by atoms with E-state index in [0.717, 1.165) is 0 Å². The third-order valence-corrected chi connectivity index (χ3v) is 5.98. The Bertz CT molecular complexity index is 775. The van der Waals surface area contributed by atoms with E-state index in [1.54, 1.807) is 0 Å². The van der Waals surface area contributed by atoms with Gasteiger partial charge in [0.2, 0.25) is 11.8 Å². The first-order chi connectivity index (χ1) is 18.0. The van der Waals surface area contributed by atoms with Crippen molar-refractivity contribution < 1.29 is 63.6 Å². The van der Waals surface area contributed by atoms with E-state index in [2.05, 4.69) is 10.6 Å². The monoisotopic (exact) mass is 553 g/mol. The molecule has 2 saturated heterocycles. The molecule has 0 spiro atoms. The number of carbonyl (C=O) groups is 3. The maximum absolute atomic E-state index is 11.7. The van der Waals surface area contributed by atoms with Gasteiger partial charge in [0.1, 0.15) is 36.6 Å². The highest BCUT2D eigenvalue weighted by atomic mass is 16.8. The molecule has 220 valence electrons. The Morgan fingerprint density at radius 3 is 2.29 bits per heavy atom. The summed E-state index contributed by atoms with van der Waals surface area (Å²) in [5.41, 5.74) is 5.35. The predicted molar refractivity (Wildman–Crippen MR) is 125 cm³/mol. The highest BCUT2D eigenvalue weighted by molar-refractivity contribution is 5.75. The molecule has 0 radical (unpaired) electrons. The van der Waals surface area contributed by atoms with E-state index in [0.29, 0.717) is 19.4 Å². The largest absolute Gasteiger partial charge is 0.479 e. The second kappa shape index (κ2) is 15.6. The van der Waals surface area contributed by atoms with Gasteiger partial charge >= 0.3 is 5.97 Å². The zero-order valence-corrected chi connectivity index (χ0v) is 21.3. The van der Waals surface area contributed by atoms with Gasteiger partial charge in [0, 0.05) is 19.9 Å². The summed E-state index contributed by atoms with van der Waals surface area (Å²) in [4.78, 5) is 34.7. The number of nitrogens with one attached hydrogen (secondary N) is 2. The number of rotatable bonds is 14. The first-order valence-electron chi connectivity index (χ1n) is 12.3. The molecule has 2 rings (SSSR count). The molecular formula is C22H39N3O13. The van der Waals surface area contributed by atoms with Crippen LogP contribution in [-0.2, 0) is 38.1 Å². The van der Waals surface area contributed by atoms with Crippen LogP contribution in [0.1, 0.15) is 26.7 Å². The lowest BCUT2D eigenvalue weighted by atomic mass is 9.96. The Hall–Kier alpha value is -1.99. The van der Waals surface area contributed by atoms with Crippen molar-refractivity contribution >= 4 is 17.8 Å². The molecule has 2 heterocycles. The molecule has 10 atom stereocenters. The second-order valence-corrected chi connectivity index (χ2v) is 8.99. The third kappa shape index (κ3) is 9.04. The first-order valence-corrected chi connectivity index (χ1v) is 12.3. The van der Waals surface area contributed by atoms with Crippen LogP contribution < -0.4 is 16.4 Å². The summed E-state index contributed by atoms with van der Waals surface area (Å²) < 4.78 is 27.6. The number of aliphatic hydroxyl groups is 4. The Morgan fingerprint density at radius 2 is 1.66 bits per heavy atom. The summed E-state index contributed by atoms with van der Waals surface area (Å²) in [5, 5.41) is 56.0. The van der Waals surface area contributed by atoms with Crippen molar-refractivity contribution in [2.75, 3.05) is 32.9 Å². The first kappa shape index (κ1) is 32.2. The lowest BCUT2D eigenvalue weighted by molar-refractivity contribution is -0.349. The minimum absolute atomic E-state index is 0.00196. The van der Waals surface area contributed by atoms with Crippen LogP contribution in [0.4, 0.5) is 0 Å². The molecule has 0 aromatic carbocycles. The summed E-state index contributed by atoms with van der Waals surface area (Å²) >= 11 is 0. The minimum Gasteiger partial charge on any atom is -0.479 e. The van der Waals surface area contributed by atoms with Crippen molar-refractivity contribution in [3.05, 3.63) is 0 Å². The average molecular weight is 554 g/mol.